The first kappa shape index (κ1) is 36.9. The van der Waals surface area contributed by atoms with Crippen molar-refractivity contribution in [1.82, 2.24) is 4.57 Å². The number of rotatable bonds is 7. The molecule has 11 aromatic carbocycles. The lowest BCUT2D eigenvalue weighted by Gasteiger charge is -2.27. The number of fused-ring (bicyclic) bond motifs is 9. The van der Waals surface area contributed by atoms with Gasteiger partial charge in [0.15, 0.2) is 0 Å². The molecule has 0 fully saturated rings. The van der Waals surface area contributed by atoms with Crippen LogP contribution in [0.4, 0.5) is 17.1 Å². The van der Waals surface area contributed by atoms with E-state index in [1.807, 2.05) is 12.1 Å². The number of aromatic nitrogens is 1. The largest absolute Gasteiger partial charge is 0.456 e. The lowest BCUT2D eigenvalue weighted by atomic mass is 9.98. The minimum atomic E-state index is 0.892. The van der Waals surface area contributed by atoms with Gasteiger partial charge in [0.25, 0.3) is 0 Å². The van der Waals surface area contributed by atoms with Crippen LogP contribution in [0.2, 0.25) is 0 Å². The highest BCUT2D eigenvalue weighted by atomic mass is 16.3. The molecule has 0 saturated heterocycles. The van der Waals surface area contributed by atoms with Crippen LogP contribution in [0.25, 0.3) is 104 Å². The maximum absolute atomic E-state index is 6.32. The van der Waals surface area contributed by atoms with Crippen LogP contribution < -0.4 is 4.90 Å². The zero-order valence-corrected chi connectivity index (χ0v) is 35.4. The molecule has 0 radical (unpaired) electrons. The number of hydrogen-bond acceptors (Lipinski definition) is 2. The van der Waals surface area contributed by atoms with E-state index in [4.69, 9.17) is 4.42 Å². The van der Waals surface area contributed by atoms with Gasteiger partial charge >= 0.3 is 0 Å². The summed E-state index contributed by atoms with van der Waals surface area (Å²) in [5.41, 5.74) is 15.6. The molecule has 13 aromatic rings. The van der Waals surface area contributed by atoms with E-state index in [1.165, 1.54) is 60.0 Å². The van der Waals surface area contributed by atoms with Crippen LogP contribution in [-0.4, -0.2) is 4.57 Å². The number of benzene rings is 11. The molecular weight excluding hydrogens is 789 g/mol. The predicted octanol–water partition coefficient (Wildman–Crippen LogP) is 17.5. The van der Waals surface area contributed by atoms with E-state index in [2.05, 4.69) is 240 Å². The quantitative estimate of drug-likeness (QED) is 0.149. The van der Waals surface area contributed by atoms with Gasteiger partial charge in [-0.2, -0.15) is 0 Å². The van der Waals surface area contributed by atoms with Gasteiger partial charge in [0.05, 0.1) is 11.0 Å². The fraction of sp³-hybridized carbons (Fsp3) is 0. The highest BCUT2D eigenvalue weighted by molar-refractivity contribution is 6.10. The first-order valence-electron chi connectivity index (χ1n) is 22.2. The van der Waals surface area contributed by atoms with Crippen LogP contribution in [0.1, 0.15) is 0 Å². The number of para-hydroxylation sites is 3. The second kappa shape index (κ2) is 15.0. The Labute approximate surface area is 376 Å². The van der Waals surface area contributed by atoms with Crippen molar-refractivity contribution in [2.75, 3.05) is 4.90 Å². The zero-order valence-electron chi connectivity index (χ0n) is 35.4. The third kappa shape index (κ3) is 6.28. The van der Waals surface area contributed by atoms with Gasteiger partial charge in [0, 0.05) is 44.3 Å². The Bertz CT molecular complexity index is 3900. The first-order valence-corrected chi connectivity index (χ1v) is 22.2. The van der Waals surface area contributed by atoms with Crippen molar-refractivity contribution in [2.45, 2.75) is 0 Å². The highest BCUT2D eigenvalue weighted by Crippen LogP contribution is 2.41. The summed E-state index contributed by atoms with van der Waals surface area (Å²) in [4.78, 5) is 2.37. The third-order valence-electron chi connectivity index (χ3n) is 13.2. The van der Waals surface area contributed by atoms with Crippen molar-refractivity contribution in [3.8, 4) is 39.1 Å². The molecule has 2 aromatic heterocycles. The summed E-state index contributed by atoms with van der Waals surface area (Å²) in [6.07, 6.45) is 0. The average Bonchev–Trinajstić information content (AvgIpc) is 3.92. The summed E-state index contributed by atoms with van der Waals surface area (Å²) < 4.78 is 8.68. The molecule has 2 heterocycles. The average molecular weight is 829 g/mol. The van der Waals surface area contributed by atoms with Gasteiger partial charge in [-0.25, -0.2) is 0 Å². The Kier molecular flexibility index (Phi) is 8.53. The molecule has 0 saturated carbocycles. The van der Waals surface area contributed by atoms with Gasteiger partial charge in [-0.15, -0.1) is 0 Å². The smallest absolute Gasteiger partial charge is 0.136 e. The summed E-state index contributed by atoms with van der Waals surface area (Å²) in [7, 11) is 0. The summed E-state index contributed by atoms with van der Waals surface area (Å²) >= 11 is 0. The van der Waals surface area contributed by atoms with Gasteiger partial charge in [-0.1, -0.05) is 158 Å². The lowest BCUT2D eigenvalue weighted by molar-refractivity contribution is 0.669. The molecule has 0 aliphatic heterocycles. The van der Waals surface area contributed by atoms with E-state index in [0.717, 1.165) is 61.4 Å². The fourth-order valence-corrected chi connectivity index (χ4v) is 10.0. The molecule has 304 valence electrons. The van der Waals surface area contributed by atoms with Crippen LogP contribution >= 0.6 is 0 Å². The molecule has 0 aliphatic rings. The topological polar surface area (TPSA) is 21.3 Å². The Morgan fingerprint density at radius 2 is 0.785 bits per heavy atom. The number of hydrogen-bond donors (Lipinski definition) is 0. The van der Waals surface area contributed by atoms with Gasteiger partial charge in [0.2, 0.25) is 0 Å². The first-order chi connectivity index (χ1) is 32.2. The molecule has 0 spiro atoms. The molecule has 3 nitrogen and oxygen atoms in total. The molecule has 65 heavy (non-hydrogen) atoms. The van der Waals surface area contributed by atoms with Crippen LogP contribution in [0, 0.1) is 0 Å². The second-order valence-corrected chi connectivity index (χ2v) is 16.9. The molecule has 0 amide bonds. The number of furan rings is 1. The van der Waals surface area contributed by atoms with Crippen molar-refractivity contribution >= 4 is 82.4 Å². The summed E-state index contributed by atoms with van der Waals surface area (Å²) in [6.45, 7) is 0. The van der Waals surface area contributed by atoms with Gasteiger partial charge in [0.1, 0.15) is 11.2 Å². The zero-order chi connectivity index (χ0) is 42.8. The van der Waals surface area contributed by atoms with Crippen molar-refractivity contribution in [1.29, 1.82) is 0 Å². The van der Waals surface area contributed by atoms with E-state index in [-0.39, 0.29) is 0 Å². The van der Waals surface area contributed by atoms with Gasteiger partial charge in [-0.05, 0) is 140 Å². The SMILES string of the molecule is c1cc(-c2ccc(N(c3cccc(-c4ccc5c(c4)oc4ccccc45)c3)c3ccc4c(ccc5ccccc54)c3)cc2)cc(-c2ccc(-n3c4ccccc4c4ccccc43)cc2)c1. The molecule has 3 heteroatoms. The highest BCUT2D eigenvalue weighted by Gasteiger charge is 2.17. The minimum Gasteiger partial charge on any atom is -0.456 e. The second-order valence-electron chi connectivity index (χ2n) is 16.9. The predicted molar refractivity (Wildman–Crippen MR) is 274 cm³/mol. The summed E-state index contributed by atoms with van der Waals surface area (Å²) in [5.74, 6) is 0. The maximum atomic E-state index is 6.32. The van der Waals surface area contributed by atoms with Crippen LogP contribution in [-0.2, 0) is 0 Å². The lowest BCUT2D eigenvalue weighted by Crippen LogP contribution is -2.10. The Morgan fingerprint density at radius 3 is 1.54 bits per heavy atom. The summed E-state index contributed by atoms with van der Waals surface area (Å²) in [5, 5.41) is 9.76. The normalized spacial score (nSPS) is 11.7. The van der Waals surface area contributed by atoms with Crippen molar-refractivity contribution < 1.29 is 4.42 Å². The van der Waals surface area contributed by atoms with Crippen molar-refractivity contribution in [2.24, 2.45) is 0 Å². The molecule has 13 rings (SSSR count). The van der Waals surface area contributed by atoms with Gasteiger partial charge < -0.3 is 13.9 Å². The Balaban J connectivity index is 0.861. The van der Waals surface area contributed by atoms with Gasteiger partial charge in [-0.3, -0.25) is 0 Å². The van der Waals surface area contributed by atoms with Crippen LogP contribution in [0.15, 0.2) is 247 Å². The summed E-state index contributed by atoms with van der Waals surface area (Å²) in [6, 6.07) is 87.8. The third-order valence-corrected chi connectivity index (χ3v) is 13.2. The minimum absolute atomic E-state index is 0.892. The standard InChI is InChI=1S/C62H40N2O/c1-2-16-53-43(11-1)23-24-48-39-52(34-36-54(48)53)63(51-15-10-14-46(38-51)47-29-35-58-57-19-5-8-22-61(57)65-62(58)40-47)49-30-25-41(26-31-49)44-12-9-13-45(37-44)42-27-32-50(33-28-42)64-59-20-6-3-17-55(59)56-18-4-7-21-60(56)64/h1-40H. The molecule has 0 aliphatic carbocycles. The van der Waals surface area contributed by atoms with E-state index in [0.29, 0.717) is 0 Å². The molecule has 0 N–H and O–H groups in total. The number of anilines is 3. The molecule has 0 unspecified atom stereocenters. The Hall–Kier alpha value is -8.66. The van der Waals surface area contributed by atoms with E-state index in [1.54, 1.807) is 0 Å². The van der Waals surface area contributed by atoms with Crippen molar-refractivity contribution in [3.63, 3.8) is 0 Å². The molecule has 0 bridgehead atoms. The molecular formula is C62H40N2O. The van der Waals surface area contributed by atoms with E-state index < -0.39 is 0 Å². The monoisotopic (exact) mass is 828 g/mol. The maximum Gasteiger partial charge on any atom is 0.136 e. The fourth-order valence-electron chi connectivity index (χ4n) is 10.0. The Morgan fingerprint density at radius 1 is 0.277 bits per heavy atom. The van der Waals surface area contributed by atoms with Crippen molar-refractivity contribution in [3.05, 3.63) is 243 Å². The molecule has 0 atom stereocenters. The number of nitrogens with zero attached hydrogens (tertiary/aromatic N) is 2. The van der Waals surface area contributed by atoms with E-state index >= 15 is 0 Å². The van der Waals surface area contributed by atoms with Crippen LogP contribution in [0.3, 0.4) is 0 Å². The van der Waals surface area contributed by atoms with Crippen LogP contribution in [0.5, 0.6) is 0 Å². The van der Waals surface area contributed by atoms with E-state index in [9.17, 15) is 0 Å².